The number of hydrogen-bond acceptors (Lipinski definition) is 4. The molecule has 0 saturated heterocycles. The normalized spacial score (nSPS) is 10.3. The van der Waals surface area contributed by atoms with Crippen molar-refractivity contribution in [3.63, 3.8) is 0 Å². The van der Waals surface area contributed by atoms with Gasteiger partial charge in [0.25, 0.3) is 0 Å². The Hall–Kier alpha value is -1.91. The number of nitrogens with zero attached hydrogens (tertiary/aromatic N) is 4. The second-order valence-electron chi connectivity index (χ2n) is 3.17. The van der Waals surface area contributed by atoms with Gasteiger partial charge in [-0.3, -0.25) is 4.68 Å². The zero-order valence-corrected chi connectivity index (χ0v) is 8.81. The lowest BCUT2D eigenvalue weighted by Crippen LogP contribution is -2.01. The number of nitrogens with one attached hydrogen (secondary N) is 1. The maximum absolute atomic E-state index is 4.35. The highest BCUT2D eigenvalue weighted by Gasteiger charge is 2.04. The Morgan fingerprint density at radius 1 is 1.40 bits per heavy atom. The largest absolute Gasteiger partial charge is 0.370 e. The molecule has 0 bridgehead atoms. The molecule has 5 nitrogen and oxygen atoms in total. The second kappa shape index (κ2) is 4.08. The molecule has 0 unspecified atom stereocenters. The van der Waals surface area contributed by atoms with Crippen molar-refractivity contribution in [2.45, 2.75) is 6.92 Å². The van der Waals surface area contributed by atoms with Crippen LogP contribution in [0.1, 0.15) is 6.92 Å². The van der Waals surface area contributed by atoms with Crippen LogP contribution in [0.15, 0.2) is 24.5 Å². The van der Waals surface area contributed by atoms with Crippen molar-refractivity contribution in [3.05, 3.63) is 24.5 Å². The van der Waals surface area contributed by atoms with E-state index in [1.165, 1.54) is 0 Å². The fraction of sp³-hybridized carbons (Fsp3) is 0.300. The highest BCUT2D eigenvalue weighted by atomic mass is 15.3. The molecule has 15 heavy (non-hydrogen) atoms. The minimum atomic E-state index is 0.647. The number of aromatic nitrogens is 4. The Morgan fingerprint density at radius 3 is 2.93 bits per heavy atom. The van der Waals surface area contributed by atoms with Crippen LogP contribution in [0.5, 0.6) is 0 Å². The van der Waals surface area contributed by atoms with Gasteiger partial charge in [-0.25, -0.2) is 9.97 Å². The first-order chi connectivity index (χ1) is 7.29. The SMILES string of the molecule is CCNc1ccnc(-c2ccn(C)n2)n1. The number of hydrogen-bond donors (Lipinski definition) is 1. The minimum Gasteiger partial charge on any atom is -0.370 e. The maximum atomic E-state index is 4.35. The first kappa shape index (κ1) is 9.64. The van der Waals surface area contributed by atoms with Gasteiger partial charge in [-0.1, -0.05) is 0 Å². The van der Waals surface area contributed by atoms with Gasteiger partial charge in [0.1, 0.15) is 11.5 Å². The molecule has 0 amide bonds. The van der Waals surface area contributed by atoms with Gasteiger partial charge in [-0.15, -0.1) is 0 Å². The fourth-order valence-corrected chi connectivity index (χ4v) is 1.30. The molecule has 2 aromatic heterocycles. The van der Waals surface area contributed by atoms with Crippen LogP contribution in [-0.4, -0.2) is 26.3 Å². The first-order valence-electron chi connectivity index (χ1n) is 4.86. The summed E-state index contributed by atoms with van der Waals surface area (Å²) < 4.78 is 1.73. The predicted octanol–water partition coefficient (Wildman–Crippen LogP) is 1.31. The monoisotopic (exact) mass is 203 g/mol. The van der Waals surface area contributed by atoms with Crippen LogP contribution >= 0.6 is 0 Å². The Bertz CT molecular complexity index is 449. The van der Waals surface area contributed by atoms with Gasteiger partial charge in [0, 0.05) is 26.0 Å². The molecule has 0 aliphatic heterocycles. The van der Waals surface area contributed by atoms with E-state index in [1.54, 1.807) is 10.9 Å². The van der Waals surface area contributed by atoms with Gasteiger partial charge < -0.3 is 5.32 Å². The average Bonchev–Trinajstić information content (AvgIpc) is 2.66. The van der Waals surface area contributed by atoms with Gasteiger partial charge >= 0.3 is 0 Å². The number of anilines is 1. The molecular formula is C10H13N5. The molecule has 0 atom stereocenters. The molecule has 2 heterocycles. The Kier molecular flexibility index (Phi) is 2.62. The lowest BCUT2D eigenvalue weighted by molar-refractivity contribution is 0.768. The lowest BCUT2D eigenvalue weighted by Gasteiger charge is -2.02. The molecule has 2 aromatic rings. The number of aryl methyl sites for hydroxylation is 1. The second-order valence-corrected chi connectivity index (χ2v) is 3.17. The molecule has 2 rings (SSSR count). The van der Waals surface area contributed by atoms with Gasteiger partial charge in [0.15, 0.2) is 5.82 Å². The van der Waals surface area contributed by atoms with Crippen molar-refractivity contribution in [2.75, 3.05) is 11.9 Å². The van der Waals surface area contributed by atoms with E-state index in [0.29, 0.717) is 5.82 Å². The zero-order valence-electron chi connectivity index (χ0n) is 8.81. The van der Waals surface area contributed by atoms with E-state index >= 15 is 0 Å². The van der Waals surface area contributed by atoms with E-state index in [4.69, 9.17) is 0 Å². The van der Waals surface area contributed by atoms with Gasteiger partial charge in [0.2, 0.25) is 0 Å². The molecule has 0 spiro atoms. The summed E-state index contributed by atoms with van der Waals surface area (Å²) in [5.74, 6) is 1.47. The molecular weight excluding hydrogens is 190 g/mol. The molecule has 0 saturated carbocycles. The molecule has 1 N–H and O–H groups in total. The molecule has 0 fully saturated rings. The molecule has 5 heteroatoms. The van der Waals surface area contributed by atoms with Crippen LogP contribution in [0, 0.1) is 0 Å². The summed E-state index contributed by atoms with van der Waals surface area (Å²) in [6, 6.07) is 3.74. The summed E-state index contributed by atoms with van der Waals surface area (Å²) in [4.78, 5) is 8.53. The summed E-state index contributed by atoms with van der Waals surface area (Å²) in [5.41, 5.74) is 0.789. The average molecular weight is 203 g/mol. The zero-order chi connectivity index (χ0) is 10.7. The minimum absolute atomic E-state index is 0.647. The van der Waals surface area contributed by atoms with Crippen LogP contribution in [0.2, 0.25) is 0 Å². The summed E-state index contributed by atoms with van der Waals surface area (Å²) in [7, 11) is 1.87. The lowest BCUT2D eigenvalue weighted by atomic mass is 10.4. The Morgan fingerprint density at radius 2 is 2.27 bits per heavy atom. The van der Waals surface area contributed by atoms with E-state index in [9.17, 15) is 0 Å². The van der Waals surface area contributed by atoms with Crippen molar-refractivity contribution < 1.29 is 0 Å². The van der Waals surface area contributed by atoms with Crippen molar-refractivity contribution in [3.8, 4) is 11.5 Å². The Balaban J connectivity index is 2.32. The van der Waals surface area contributed by atoms with Gasteiger partial charge in [-0.2, -0.15) is 5.10 Å². The van der Waals surface area contributed by atoms with Crippen molar-refractivity contribution in [2.24, 2.45) is 7.05 Å². The third kappa shape index (κ3) is 2.12. The first-order valence-corrected chi connectivity index (χ1v) is 4.86. The van der Waals surface area contributed by atoms with Crippen molar-refractivity contribution in [1.82, 2.24) is 19.7 Å². The third-order valence-corrected chi connectivity index (χ3v) is 1.96. The van der Waals surface area contributed by atoms with Crippen LogP contribution in [0.25, 0.3) is 11.5 Å². The highest BCUT2D eigenvalue weighted by Crippen LogP contribution is 2.12. The quantitative estimate of drug-likeness (QED) is 0.817. The Labute approximate surface area is 88.2 Å². The maximum Gasteiger partial charge on any atom is 0.182 e. The van der Waals surface area contributed by atoms with Crippen LogP contribution in [0.4, 0.5) is 5.82 Å². The van der Waals surface area contributed by atoms with E-state index in [0.717, 1.165) is 18.1 Å². The van der Waals surface area contributed by atoms with E-state index in [-0.39, 0.29) is 0 Å². The highest BCUT2D eigenvalue weighted by molar-refractivity contribution is 5.51. The smallest absolute Gasteiger partial charge is 0.182 e. The topological polar surface area (TPSA) is 55.6 Å². The summed E-state index contributed by atoms with van der Waals surface area (Å²) in [6.45, 7) is 2.88. The van der Waals surface area contributed by atoms with Crippen LogP contribution in [0.3, 0.4) is 0 Å². The molecule has 0 aromatic carbocycles. The van der Waals surface area contributed by atoms with E-state index in [1.807, 2.05) is 32.3 Å². The fourth-order valence-electron chi connectivity index (χ4n) is 1.30. The van der Waals surface area contributed by atoms with Crippen molar-refractivity contribution in [1.29, 1.82) is 0 Å². The molecule has 78 valence electrons. The summed E-state index contributed by atoms with van der Waals surface area (Å²) in [6.07, 6.45) is 3.60. The molecule has 0 aliphatic carbocycles. The van der Waals surface area contributed by atoms with Gasteiger partial charge in [-0.05, 0) is 19.1 Å². The van der Waals surface area contributed by atoms with Crippen molar-refractivity contribution >= 4 is 5.82 Å². The molecule has 0 aliphatic rings. The van der Waals surface area contributed by atoms with Gasteiger partial charge in [0.05, 0.1) is 0 Å². The van der Waals surface area contributed by atoms with E-state index < -0.39 is 0 Å². The van der Waals surface area contributed by atoms with Crippen LogP contribution < -0.4 is 5.32 Å². The molecule has 0 radical (unpaired) electrons. The third-order valence-electron chi connectivity index (χ3n) is 1.96. The van der Waals surface area contributed by atoms with Crippen LogP contribution in [-0.2, 0) is 7.05 Å². The predicted molar refractivity (Wildman–Crippen MR) is 58.4 cm³/mol. The standard InChI is InChI=1S/C10H13N5/c1-3-11-9-4-6-12-10(13-9)8-5-7-15(2)14-8/h4-7H,3H2,1-2H3,(H,11,12,13). The number of rotatable bonds is 3. The van der Waals surface area contributed by atoms with E-state index in [2.05, 4.69) is 20.4 Å². The summed E-state index contributed by atoms with van der Waals surface area (Å²) >= 11 is 0. The summed E-state index contributed by atoms with van der Waals surface area (Å²) in [5, 5.41) is 7.38.